The minimum Gasteiger partial charge on any atom is -0.341 e. The van der Waals surface area contributed by atoms with Gasteiger partial charge >= 0.3 is 0 Å². The average Bonchev–Trinajstić information content (AvgIpc) is 3.15. The zero-order chi connectivity index (χ0) is 18.9. The van der Waals surface area contributed by atoms with Gasteiger partial charge in [0.1, 0.15) is 5.82 Å². The van der Waals surface area contributed by atoms with Crippen LogP contribution in [0.2, 0.25) is 0 Å². The van der Waals surface area contributed by atoms with Gasteiger partial charge in [0, 0.05) is 18.3 Å². The Bertz CT molecular complexity index is 908. The number of aromatic amines is 1. The van der Waals surface area contributed by atoms with Gasteiger partial charge in [-0.3, -0.25) is 9.88 Å². The summed E-state index contributed by atoms with van der Waals surface area (Å²) in [5.41, 5.74) is 11.1. The van der Waals surface area contributed by atoms with E-state index in [4.69, 9.17) is 15.7 Å². The molecule has 2 heterocycles. The molecular weight excluding hydrogens is 346 g/mol. The Balaban J connectivity index is 1.48. The average molecular weight is 376 g/mol. The maximum absolute atomic E-state index is 6.21. The van der Waals surface area contributed by atoms with Crippen LogP contribution in [0.3, 0.4) is 0 Å². The van der Waals surface area contributed by atoms with Gasteiger partial charge in [-0.1, -0.05) is 18.2 Å². The van der Waals surface area contributed by atoms with E-state index in [1.807, 2.05) is 6.20 Å². The zero-order valence-electron chi connectivity index (χ0n) is 16.3. The number of aromatic nitrogens is 3. The van der Waals surface area contributed by atoms with Crippen molar-refractivity contribution >= 4 is 11.0 Å². The molecule has 3 N–H and O–H groups in total. The first kappa shape index (κ1) is 17.8. The molecule has 2 aliphatic rings. The summed E-state index contributed by atoms with van der Waals surface area (Å²) in [6.07, 6.45) is 10.1. The van der Waals surface area contributed by atoms with Crippen LogP contribution >= 0.6 is 0 Å². The van der Waals surface area contributed by atoms with E-state index >= 15 is 0 Å². The third-order valence-corrected chi connectivity index (χ3v) is 6.55. The van der Waals surface area contributed by atoms with Crippen molar-refractivity contribution in [2.75, 3.05) is 0 Å². The number of H-pyrrole nitrogens is 1. The minimum atomic E-state index is 0.362. The van der Waals surface area contributed by atoms with E-state index in [1.165, 1.54) is 36.9 Å². The van der Waals surface area contributed by atoms with E-state index in [0.29, 0.717) is 18.1 Å². The van der Waals surface area contributed by atoms with Gasteiger partial charge in [0.05, 0.1) is 29.3 Å². The molecule has 0 bridgehead atoms. The molecule has 0 radical (unpaired) electrons. The molecule has 28 heavy (non-hydrogen) atoms. The summed E-state index contributed by atoms with van der Waals surface area (Å²) in [5.74, 6) is 1.05. The van der Waals surface area contributed by atoms with Crippen LogP contribution in [-0.4, -0.2) is 31.9 Å². The molecule has 1 fully saturated rings. The number of pyridine rings is 1. The molecule has 2 aromatic heterocycles. The summed E-state index contributed by atoms with van der Waals surface area (Å²) < 4.78 is 0. The molecular formula is C23H29N5. The maximum atomic E-state index is 6.21. The quantitative estimate of drug-likeness (QED) is 0.720. The van der Waals surface area contributed by atoms with Gasteiger partial charge in [-0.25, -0.2) is 4.98 Å². The fourth-order valence-corrected chi connectivity index (χ4v) is 5.09. The van der Waals surface area contributed by atoms with Crippen molar-refractivity contribution in [2.24, 2.45) is 5.73 Å². The minimum absolute atomic E-state index is 0.362. The lowest BCUT2D eigenvalue weighted by Gasteiger charge is -2.42. The predicted octanol–water partition coefficient (Wildman–Crippen LogP) is 4.11. The number of benzene rings is 1. The van der Waals surface area contributed by atoms with Gasteiger partial charge in [0.2, 0.25) is 0 Å². The van der Waals surface area contributed by atoms with Crippen LogP contribution in [-0.2, 0) is 13.0 Å². The number of para-hydroxylation sites is 2. The van der Waals surface area contributed by atoms with E-state index in [-0.39, 0.29) is 0 Å². The Morgan fingerprint density at radius 2 is 1.89 bits per heavy atom. The van der Waals surface area contributed by atoms with Crippen molar-refractivity contribution in [2.45, 2.75) is 69.6 Å². The normalized spacial score (nSPS) is 25.1. The fraction of sp³-hybridized carbons (Fsp3) is 0.478. The molecule has 5 heteroatoms. The van der Waals surface area contributed by atoms with E-state index in [9.17, 15) is 0 Å². The molecule has 146 valence electrons. The van der Waals surface area contributed by atoms with Gasteiger partial charge in [-0.2, -0.15) is 0 Å². The molecule has 1 atom stereocenters. The molecule has 2 aliphatic carbocycles. The van der Waals surface area contributed by atoms with Crippen LogP contribution in [0.15, 0.2) is 42.6 Å². The summed E-state index contributed by atoms with van der Waals surface area (Å²) in [7, 11) is 0. The van der Waals surface area contributed by atoms with E-state index in [0.717, 1.165) is 42.7 Å². The predicted molar refractivity (Wildman–Crippen MR) is 112 cm³/mol. The van der Waals surface area contributed by atoms with Gasteiger partial charge in [-0.05, 0) is 68.7 Å². The van der Waals surface area contributed by atoms with Crippen molar-refractivity contribution in [1.29, 1.82) is 0 Å². The molecule has 5 nitrogen and oxygen atoms in total. The number of nitrogens with two attached hydrogens (primary N) is 1. The number of rotatable bonds is 4. The highest BCUT2D eigenvalue weighted by Crippen LogP contribution is 2.38. The van der Waals surface area contributed by atoms with Crippen molar-refractivity contribution < 1.29 is 0 Å². The second-order valence-electron chi connectivity index (χ2n) is 8.40. The summed E-state index contributed by atoms with van der Waals surface area (Å²) in [6, 6.07) is 13.9. The Hall–Kier alpha value is -2.24. The van der Waals surface area contributed by atoms with Crippen LogP contribution in [0, 0.1) is 0 Å². The number of aryl methyl sites for hydroxylation is 1. The van der Waals surface area contributed by atoms with Crippen LogP contribution in [0.4, 0.5) is 0 Å². The van der Waals surface area contributed by atoms with Crippen molar-refractivity contribution in [3.8, 4) is 0 Å². The third kappa shape index (κ3) is 3.45. The Kier molecular flexibility index (Phi) is 4.87. The topological polar surface area (TPSA) is 70.8 Å². The van der Waals surface area contributed by atoms with Gasteiger partial charge in [0.25, 0.3) is 0 Å². The highest BCUT2D eigenvalue weighted by molar-refractivity contribution is 5.74. The van der Waals surface area contributed by atoms with Crippen LogP contribution in [0.1, 0.15) is 61.6 Å². The third-order valence-electron chi connectivity index (χ3n) is 6.55. The van der Waals surface area contributed by atoms with Crippen molar-refractivity contribution in [1.82, 2.24) is 19.9 Å². The summed E-state index contributed by atoms with van der Waals surface area (Å²) >= 11 is 0. The zero-order valence-corrected chi connectivity index (χ0v) is 16.3. The van der Waals surface area contributed by atoms with Gasteiger partial charge in [0.15, 0.2) is 0 Å². The van der Waals surface area contributed by atoms with Crippen LogP contribution in [0.25, 0.3) is 11.0 Å². The van der Waals surface area contributed by atoms with Crippen LogP contribution < -0.4 is 5.73 Å². The highest BCUT2D eigenvalue weighted by atomic mass is 15.2. The molecule has 0 amide bonds. The summed E-state index contributed by atoms with van der Waals surface area (Å²) in [6.45, 7) is 0.843. The van der Waals surface area contributed by atoms with E-state index in [1.54, 1.807) is 0 Å². The SMILES string of the molecule is NC1CCC(N(Cc2nc3ccccc3[nH]2)[C@H]2CCCc3cccnc32)CC1. The first-order chi connectivity index (χ1) is 13.8. The molecule has 1 aromatic carbocycles. The largest absolute Gasteiger partial charge is 0.341 e. The van der Waals surface area contributed by atoms with E-state index in [2.05, 4.69) is 46.3 Å². The monoisotopic (exact) mass is 375 g/mol. The summed E-state index contributed by atoms with van der Waals surface area (Å²) in [4.78, 5) is 15.9. The Labute approximate surface area is 166 Å². The number of nitrogens with one attached hydrogen (secondary N) is 1. The lowest BCUT2D eigenvalue weighted by Crippen LogP contribution is -2.43. The number of imidazole rings is 1. The molecule has 0 aliphatic heterocycles. The second kappa shape index (κ2) is 7.64. The Morgan fingerprint density at radius 1 is 1.04 bits per heavy atom. The second-order valence-corrected chi connectivity index (χ2v) is 8.40. The number of hydrogen-bond acceptors (Lipinski definition) is 4. The van der Waals surface area contributed by atoms with Crippen molar-refractivity contribution in [3.05, 3.63) is 59.7 Å². The lowest BCUT2D eigenvalue weighted by atomic mass is 9.86. The van der Waals surface area contributed by atoms with Crippen molar-refractivity contribution in [3.63, 3.8) is 0 Å². The smallest absolute Gasteiger partial charge is 0.121 e. The first-order valence-electron chi connectivity index (χ1n) is 10.7. The lowest BCUT2D eigenvalue weighted by molar-refractivity contribution is 0.0761. The van der Waals surface area contributed by atoms with E-state index < -0.39 is 0 Å². The number of fused-ring (bicyclic) bond motifs is 2. The molecule has 0 spiro atoms. The molecule has 0 saturated heterocycles. The maximum Gasteiger partial charge on any atom is 0.121 e. The molecule has 1 saturated carbocycles. The highest BCUT2D eigenvalue weighted by Gasteiger charge is 2.34. The Morgan fingerprint density at radius 3 is 2.75 bits per heavy atom. The van der Waals surface area contributed by atoms with Gasteiger partial charge in [-0.15, -0.1) is 0 Å². The van der Waals surface area contributed by atoms with Crippen LogP contribution in [0.5, 0.6) is 0 Å². The first-order valence-corrected chi connectivity index (χ1v) is 10.7. The number of hydrogen-bond donors (Lipinski definition) is 2. The molecule has 0 unspecified atom stereocenters. The number of nitrogens with zero attached hydrogens (tertiary/aromatic N) is 3. The standard InChI is InChI=1S/C23H29N5/c24-17-10-12-18(13-11-17)28(15-22-26-19-7-1-2-8-20(19)27-22)21-9-3-5-16-6-4-14-25-23(16)21/h1-2,4,6-8,14,17-18,21H,3,5,9-13,15,24H2,(H,26,27)/t17?,18?,21-/m0/s1. The molecule has 5 rings (SSSR count). The summed E-state index contributed by atoms with van der Waals surface area (Å²) in [5, 5.41) is 0. The van der Waals surface area contributed by atoms with Gasteiger partial charge < -0.3 is 10.7 Å². The fourth-order valence-electron chi connectivity index (χ4n) is 5.09. The molecule has 3 aromatic rings.